The zero-order chi connectivity index (χ0) is 27.2. The summed E-state index contributed by atoms with van der Waals surface area (Å²) in [6, 6.07) is 14.3. The molecule has 3 heterocycles. The lowest BCUT2D eigenvalue weighted by Crippen LogP contribution is -2.44. The predicted molar refractivity (Wildman–Crippen MR) is 149 cm³/mol. The van der Waals surface area contributed by atoms with Gasteiger partial charge in [-0.1, -0.05) is 55.3 Å². The van der Waals surface area contributed by atoms with E-state index < -0.39 is 5.41 Å². The summed E-state index contributed by atoms with van der Waals surface area (Å²) < 4.78 is 8.17. The topological polar surface area (TPSA) is 63.9 Å². The quantitative estimate of drug-likeness (QED) is 0.302. The summed E-state index contributed by atoms with van der Waals surface area (Å²) in [5.41, 5.74) is 8.13. The molecule has 2 aromatic carbocycles. The van der Waals surface area contributed by atoms with Crippen molar-refractivity contribution in [1.82, 2.24) is 14.3 Å². The van der Waals surface area contributed by atoms with Gasteiger partial charge in [-0.2, -0.15) is 0 Å². The highest BCUT2D eigenvalue weighted by molar-refractivity contribution is 6.09. The van der Waals surface area contributed by atoms with Gasteiger partial charge in [0.25, 0.3) is 5.91 Å². The number of imidazole rings is 1. The third kappa shape index (κ3) is 4.71. The zero-order valence-corrected chi connectivity index (χ0v) is 23.1. The molecule has 38 heavy (non-hydrogen) atoms. The van der Waals surface area contributed by atoms with Crippen molar-refractivity contribution in [2.75, 3.05) is 6.54 Å². The fraction of sp³-hybridized carbons (Fsp3) is 0.344. The van der Waals surface area contributed by atoms with Crippen molar-refractivity contribution in [3.8, 4) is 5.75 Å². The molecule has 0 fully saturated rings. The van der Waals surface area contributed by atoms with Crippen molar-refractivity contribution < 1.29 is 14.3 Å². The number of carbonyl (C=O) groups is 2. The summed E-state index contributed by atoms with van der Waals surface area (Å²) in [6.45, 7) is 12.7. The number of carbonyl (C=O) groups excluding carboxylic acids is 2. The van der Waals surface area contributed by atoms with Gasteiger partial charge in [-0.25, -0.2) is 4.98 Å². The minimum absolute atomic E-state index is 0.137. The molecule has 0 bridgehead atoms. The Morgan fingerprint density at radius 2 is 1.76 bits per heavy atom. The van der Waals surface area contributed by atoms with Crippen LogP contribution in [0.4, 0.5) is 0 Å². The summed E-state index contributed by atoms with van der Waals surface area (Å²) >= 11 is 0. The molecule has 1 aliphatic heterocycles. The van der Waals surface area contributed by atoms with Gasteiger partial charge in [0, 0.05) is 42.0 Å². The second-order valence-electron chi connectivity index (χ2n) is 11.2. The molecule has 0 atom stereocenters. The van der Waals surface area contributed by atoms with E-state index >= 15 is 0 Å². The maximum Gasteiger partial charge on any atom is 0.261 e. The number of fused-ring (bicyclic) bond motifs is 2. The van der Waals surface area contributed by atoms with Gasteiger partial charge in [-0.05, 0) is 68.5 Å². The van der Waals surface area contributed by atoms with Gasteiger partial charge in [0.05, 0.1) is 0 Å². The summed E-state index contributed by atoms with van der Waals surface area (Å²) in [7, 11) is 0. The Hall–Kier alpha value is -3.93. The zero-order valence-electron chi connectivity index (χ0n) is 23.1. The van der Waals surface area contributed by atoms with Gasteiger partial charge >= 0.3 is 0 Å². The normalized spacial score (nSPS) is 15.1. The molecule has 1 aliphatic rings. The number of hydrogen-bond donors (Lipinski definition) is 0. The van der Waals surface area contributed by atoms with Crippen LogP contribution in [0, 0.1) is 33.1 Å². The van der Waals surface area contributed by atoms with E-state index in [4.69, 9.17) is 4.74 Å². The van der Waals surface area contributed by atoms with Gasteiger partial charge in [0.1, 0.15) is 6.61 Å². The molecule has 0 saturated carbocycles. The molecule has 0 spiro atoms. The minimum atomic E-state index is -0.671. The van der Waals surface area contributed by atoms with Crippen LogP contribution in [0.15, 0.2) is 54.9 Å². The van der Waals surface area contributed by atoms with Gasteiger partial charge in [-0.15, -0.1) is 0 Å². The van der Waals surface area contributed by atoms with Crippen LogP contribution in [0.5, 0.6) is 5.75 Å². The van der Waals surface area contributed by atoms with E-state index in [0.717, 1.165) is 33.6 Å². The average molecular weight is 510 g/mol. The van der Waals surface area contributed by atoms with Gasteiger partial charge in [0.15, 0.2) is 11.4 Å². The van der Waals surface area contributed by atoms with Crippen molar-refractivity contribution in [3.63, 3.8) is 0 Å². The first-order valence-corrected chi connectivity index (χ1v) is 13.2. The smallest absolute Gasteiger partial charge is 0.261 e. The fourth-order valence-corrected chi connectivity index (χ4v) is 5.52. The van der Waals surface area contributed by atoms with E-state index in [1.54, 1.807) is 6.20 Å². The molecule has 5 rings (SSSR count). The minimum Gasteiger partial charge on any atom is -0.485 e. The van der Waals surface area contributed by atoms with Gasteiger partial charge < -0.3 is 9.14 Å². The molecule has 0 aliphatic carbocycles. The number of benzene rings is 2. The van der Waals surface area contributed by atoms with Crippen molar-refractivity contribution in [1.29, 1.82) is 0 Å². The van der Waals surface area contributed by atoms with Crippen molar-refractivity contribution >= 4 is 17.5 Å². The number of imide groups is 1. The predicted octanol–water partition coefficient (Wildman–Crippen LogP) is 5.94. The van der Waals surface area contributed by atoms with Gasteiger partial charge in [0.2, 0.25) is 5.91 Å². The maximum absolute atomic E-state index is 13.7. The molecular formula is C32H35N3O3. The molecule has 196 valence electrons. The highest BCUT2D eigenvalue weighted by Gasteiger charge is 2.40. The number of pyridine rings is 1. The van der Waals surface area contributed by atoms with Crippen LogP contribution in [-0.2, 0) is 24.2 Å². The molecule has 2 amide bonds. The lowest BCUT2D eigenvalue weighted by molar-refractivity contribution is -0.137. The number of amides is 2. The van der Waals surface area contributed by atoms with E-state index in [9.17, 15) is 9.59 Å². The van der Waals surface area contributed by atoms with E-state index in [1.165, 1.54) is 16.0 Å². The van der Waals surface area contributed by atoms with Crippen molar-refractivity contribution in [3.05, 3.63) is 99.5 Å². The number of ether oxygens (including phenoxy) is 1. The third-order valence-electron chi connectivity index (χ3n) is 7.53. The molecular weight excluding hydrogens is 474 g/mol. The Morgan fingerprint density at radius 3 is 2.55 bits per heavy atom. The molecule has 2 aromatic heterocycles. The summed E-state index contributed by atoms with van der Waals surface area (Å²) in [4.78, 5) is 33.3. The first-order valence-electron chi connectivity index (χ1n) is 13.2. The first-order chi connectivity index (χ1) is 18.0. The SMILES string of the molecule is Cc1ccc(C)c(COc2cccn3c(CCN4C(=O)c5c(C)cc(C)cc5CC(C)(C)C4=O)cnc23)c1. The second-order valence-corrected chi connectivity index (χ2v) is 11.2. The van der Waals surface area contributed by atoms with Crippen LogP contribution in [-0.4, -0.2) is 32.6 Å². The second kappa shape index (κ2) is 9.75. The van der Waals surface area contributed by atoms with E-state index in [1.807, 2.05) is 62.6 Å². The lowest BCUT2D eigenvalue weighted by Gasteiger charge is -2.27. The highest BCUT2D eigenvalue weighted by Crippen LogP contribution is 2.34. The van der Waals surface area contributed by atoms with Crippen LogP contribution >= 0.6 is 0 Å². The van der Waals surface area contributed by atoms with E-state index in [0.29, 0.717) is 30.8 Å². The molecule has 0 saturated heterocycles. The van der Waals surface area contributed by atoms with Crippen LogP contribution in [0.3, 0.4) is 0 Å². The largest absolute Gasteiger partial charge is 0.485 e. The Bertz CT molecular complexity index is 1560. The molecule has 0 radical (unpaired) electrons. The number of nitrogens with zero attached hydrogens (tertiary/aromatic N) is 3. The van der Waals surface area contributed by atoms with Crippen LogP contribution in [0.25, 0.3) is 5.65 Å². The summed E-state index contributed by atoms with van der Waals surface area (Å²) in [5, 5.41) is 0. The summed E-state index contributed by atoms with van der Waals surface area (Å²) in [6.07, 6.45) is 4.79. The molecule has 0 N–H and O–H groups in total. The Balaban J connectivity index is 1.39. The Labute approximate surface area is 224 Å². The number of rotatable bonds is 6. The molecule has 0 unspecified atom stereocenters. The van der Waals surface area contributed by atoms with Crippen molar-refractivity contribution in [2.45, 2.75) is 61.0 Å². The van der Waals surface area contributed by atoms with Crippen LogP contribution < -0.4 is 4.74 Å². The molecule has 6 nitrogen and oxygen atoms in total. The Kier molecular flexibility index (Phi) is 6.59. The standard InChI is InChI=1S/C32H35N3O3/c1-20-9-10-22(3)25(15-20)19-38-27-8-7-12-34-26(18-33-29(27)34)11-13-35-30(36)28-23(4)14-21(2)16-24(28)17-32(5,6)31(35)37/h7-10,12,14-16,18H,11,13,17,19H2,1-6H3. The van der Waals surface area contributed by atoms with Crippen molar-refractivity contribution in [2.24, 2.45) is 5.41 Å². The van der Waals surface area contributed by atoms with Crippen LogP contribution in [0.2, 0.25) is 0 Å². The number of aromatic nitrogens is 2. The maximum atomic E-state index is 13.7. The molecule has 4 aromatic rings. The Morgan fingerprint density at radius 1 is 0.974 bits per heavy atom. The lowest BCUT2D eigenvalue weighted by atomic mass is 9.83. The number of hydrogen-bond acceptors (Lipinski definition) is 4. The van der Waals surface area contributed by atoms with Gasteiger partial charge in [-0.3, -0.25) is 14.5 Å². The van der Waals surface area contributed by atoms with Crippen LogP contribution in [0.1, 0.15) is 63.3 Å². The fourth-order valence-electron chi connectivity index (χ4n) is 5.52. The third-order valence-corrected chi connectivity index (χ3v) is 7.53. The van der Waals surface area contributed by atoms with E-state index in [2.05, 4.69) is 37.0 Å². The van der Waals surface area contributed by atoms with E-state index in [-0.39, 0.29) is 18.4 Å². The monoisotopic (exact) mass is 509 g/mol. The first kappa shape index (κ1) is 25.7. The summed E-state index contributed by atoms with van der Waals surface area (Å²) in [5.74, 6) is 0.351. The number of aryl methyl sites for hydroxylation is 4. The molecule has 6 heteroatoms. The highest BCUT2D eigenvalue weighted by atomic mass is 16.5. The average Bonchev–Trinajstić information content (AvgIpc) is 3.24.